The monoisotopic (exact) mass is 418 g/mol. The summed E-state index contributed by atoms with van der Waals surface area (Å²) in [6.45, 7) is 8.52. The Morgan fingerprint density at radius 2 is 1.72 bits per heavy atom. The molecule has 1 aromatic carbocycles. The number of rotatable bonds is 11. The SMILES string of the molecule is CCOC(=O)C(CC(C)C)NCC(C(=O)OCC)c1csc(-c2ccccc2)n1. The fourth-order valence-electron chi connectivity index (χ4n) is 2.95. The molecule has 2 unspecified atom stereocenters. The molecule has 1 aromatic heterocycles. The van der Waals surface area contributed by atoms with E-state index in [1.807, 2.05) is 49.6 Å². The van der Waals surface area contributed by atoms with Gasteiger partial charge in [0.15, 0.2) is 0 Å². The van der Waals surface area contributed by atoms with Crippen LogP contribution in [0.15, 0.2) is 35.7 Å². The molecule has 29 heavy (non-hydrogen) atoms. The van der Waals surface area contributed by atoms with Crippen molar-refractivity contribution in [2.75, 3.05) is 19.8 Å². The largest absolute Gasteiger partial charge is 0.465 e. The molecule has 0 bridgehead atoms. The van der Waals surface area contributed by atoms with Crippen molar-refractivity contribution in [3.8, 4) is 10.6 Å². The molecular weight excluding hydrogens is 388 g/mol. The first kappa shape index (κ1) is 23.0. The number of carbonyl (C=O) groups is 2. The van der Waals surface area contributed by atoms with Crippen molar-refractivity contribution >= 4 is 23.3 Å². The predicted octanol–water partition coefficient (Wildman–Crippen LogP) is 4.02. The normalized spacial score (nSPS) is 13.1. The molecule has 2 aromatic rings. The van der Waals surface area contributed by atoms with E-state index in [0.717, 1.165) is 10.6 Å². The number of carbonyl (C=O) groups excluding carboxylic acids is 2. The Bertz CT molecular complexity index is 776. The molecule has 0 aliphatic rings. The number of benzene rings is 1. The fourth-order valence-corrected chi connectivity index (χ4v) is 3.83. The van der Waals surface area contributed by atoms with E-state index in [1.54, 1.807) is 13.8 Å². The number of thiazole rings is 1. The molecule has 6 nitrogen and oxygen atoms in total. The van der Waals surface area contributed by atoms with Gasteiger partial charge in [-0.05, 0) is 26.2 Å². The number of aromatic nitrogens is 1. The molecule has 0 fully saturated rings. The van der Waals surface area contributed by atoms with Crippen LogP contribution in [0.4, 0.5) is 0 Å². The number of hydrogen-bond acceptors (Lipinski definition) is 7. The van der Waals surface area contributed by atoms with Crippen molar-refractivity contribution in [2.24, 2.45) is 5.92 Å². The molecule has 0 saturated carbocycles. The molecule has 1 N–H and O–H groups in total. The molecule has 0 saturated heterocycles. The Hall–Kier alpha value is -2.25. The van der Waals surface area contributed by atoms with Gasteiger partial charge >= 0.3 is 11.9 Å². The molecule has 0 spiro atoms. The summed E-state index contributed by atoms with van der Waals surface area (Å²) < 4.78 is 10.4. The maximum Gasteiger partial charge on any atom is 0.323 e. The number of esters is 2. The minimum absolute atomic E-state index is 0.257. The number of nitrogens with zero attached hydrogens (tertiary/aromatic N) is 1. The smallest absolute Gasteiger partial charge is 0.323 e. The third-order valence-corrected chi connectivity index (χ3v) is 5.23. The first-order valence-corrected chi connectivity index (χ1v) is 10.9. The minimum atomic E-state index is -0.590. The van der Waals surface area contributed by atoms with Crippen LogP contribution in [0.25, 0.3) is 10.6 Å². The van der Waals surface area contributed by atoms with Crippen LogP contribution in [-0.4, -0.2) is 42.7 Å². The second kappa shape index (κ2) is 11.7. The van der Waals surface area contributed by atoms with Crippen LogP contribution in [0, 0.1) is 5.92 Å². The van der Waals surface area contributed by atoms with Crippen LogP contribution in [0.1, 0.15) is 45.7 Å². The number of ether oxygens (including phenoxy) is 2. The predicted molar refractivity (Wildman–Crippen MR) is 115 cm³/mol. The standard InChI is InChI=1S/C22H30N2O4S/c1-5-27-21(25)17(13-23-18(12-15(3)4)22(26)28-6-2)19-14-29-20(24-19)16-10-8-7-9-11-16/h7-11,14-15,17-18,23H,5-6,12-13H2,1-4H3. The average molecular weight is 419 g/mol. The van der Waals surface area contributed by atoms with Crippen molar-refractivity contribution in [3.63, 3.8) is 0 Å². The van der Waals surface area contributed by atoms with Gasteiger partial charge in [-0.1, -0.05) is 44.2 Å². The molecule has 7 heteroatoms. The van der Waals surface area contributed by atoms with E-state index in [1.165, 1.54) is 11.3 Å². The highest BCUT2D eigenvalue weighted by molar-refractivity contribution is 7.13. The highest BCUT2D eigenvalue weighted by Crippen LogP contribution is 2.27. The zero-order valence-electron chi connectivity index (χ0n) is 17.5. The average Bonchev–Trinajstić information content (AvgIpc) is 3.18. The molecule has 2 rings (SSSR count). The summed E-state index contributed by atoms with van der Waals surface area (Å²) in [7, 11) is 0. The quantitative estimate of drug-likeness (QED) is 0.555. The first-order chi connectivity index (χ1) is 14.0. The van der Waals surface area contributed by atoms with Gasteiger partial charge in [0.25, 0.3) is 0 Å². The summed E-state index contributed by atoms with van der Waals surface area (Å²) >= 11 is 1.49. The van der Waals surface area contributed by atoms with Crippen LogP contribution >= 0.6 is 11.3 Å². The fraction of sp³-hybridized carbons (Fsp3) is 0.500. The topological polar surface area (TPSA) is 77.5 Å². The second-order valence-electron chi connectivity index (χ2n) is 7.09. The third-order valence-electron chi connectivity index (χ3n) is 4.32. The van der Waals surface area contributed by atoms with Gasteiger partial charge in [0.1, 0.15) is 17.0 Å². The minimum Gasteiger partial charge on any atom is -0.465 e. The maximum absolute atomic E-state index is 12.6. The van der Waals surface area contributed by atoms with E-state index in [4.69, 9.17) is 9.47 Å². The van der Waals surface area contributed by atoms with Crippen molar-refractivity contribution < 1.29 is 19.1 Å². The molecular formula is C22H30N2O4S. The Kier molecular flexibility index (Phi) is 9.28. The second-order valence-corrected chi connectivity index (χ2v) is 7.95. The van der Waals surface area contributed by atoms with Crippen LogP contribution in [-0.2, 0) is 19.1 Å². The highest BCUT2D eigenvalue weighted by Gasteiger charge is 2.28. The molecule has 158 valence electrons. The lowest BCUT2D eigenvalue weighted by Crippen LogP contribution is -2.42. The van der Waals surface area contributed by atoms with Crippen LogP contribution in [0.5, 0.6) is 0 Å². The van der Waals surface area contributed by atoms with Crippen LogP contribution in [0.3, 0.4) is 0 Å². The molecule has 0 radical (unpaired) electrons. The number of nitrogens with one attached hydrogen (secondary N) is 1. The van der Waals surface area contributed by atoms with Gasteiger partial charge in [0.05, 0.1) is 18.9 Å². The van der Waals surface area contributed by atoms with Crippen molar-refractivity contribution in [2.45, 2.75) is 46.1 Å². The summed E-state index contributed by atoms with van der Waals surface area (Å²) in [6, 6.07) is 9.36. The van der Waals surface area contributed by atoms with E-state index in [2.05, 4.69) is 10.3 Å². The first-order valence-electron chi connectivity index (χ1n) is 10.0. The van der Waals surface area contributed by atoms with E-state index >= 15 is 0 Å². The lowest BCUT2D eigenvalue weighted by Gasteiger charge is -2.21. The van der Waals surface area contributed by atoms with Crippen LogP contribution in [0.2, 0.25) is 0 Å². The van der Waals surface area contributed by atoms with Gasteiger partial charge in [-0.15, -0.1) is 11.3 Å². The Morgan fingerprint density at radius 1 is 1.07 bits per heavy atom. The van der Waals surface area contributed by atoms with E-state index in [-0.39, 0.29) is 25.1 Å². The van der Waals surface area contributed by atoms with Crippen molar-refractivity contribution in [1.29, 1.82) is 0 Å². The zero-order chi connectivity index (χ0) is 21.2. The third kappa shape index (κ3) is 6.94. The summed E-state index contributed by atoms with van der Waals surface area (Å²) in [5.74, 6) is -0.932. The lowest BCUT2D eigenvalue weighted by molar-refractivity contribution is -0.148. The Morgan fingerprint density at radius 3 is 2.34 bits per heavy atom. The molecule has 1 heterocycles. The summed E-state index contributed by atoms with van der Waals surface area (Å²) in [4.78, 5) is 29.6. The van der Waals surface area contributed by atoms with Crippen molar-refractivity contribution in [1.82, 2.24) is 10.3 Å². The van der Waals surface area contributed by atoms with Crippen LogP contribution < -0.4 is 5.32 Å². The van der Waals surface area contributed by atoms with Gasteiger partial charge in [0, 0.05) is 17.5 Å². The molecule has 0 aliphatic heterocycles. The van der Waals surface area contributed by atoms with E-state index < -0.39 is 12.0 Å². The van der Waals surface area contributed by atoms with E-state index in [9.17, 15) is 9.59 Å². The Balaban J connectivity index is 2.18. The van der Waals surface area contributed by atoms with Crippen molar-refractivity contribution in [3.05, 3.63) is 41.4 Å². The number of hydrogen-bond donors (Lipinski definition) is 1. The summed E-state index contributed by atoms with van der Waals surface area (Å²) in [5.41, 5.74) is 1.65. The van der Waals surface area contributed by atoms with Gasteiger partial charge in [0.2, 0.25) is 0 Å². The van der Waals surface area contributed by atoms with Gasteiger partial charge in [-0.3, -0.25) is 9.59 Å². The van der Waals surface area contributed by atoms with E-state index in [0.29, 0.717) is 24.6 Å². The highest BCUT2D eigenvalue weighted by atomic mass is 32.1. The molecule has 0 aliphatic carbocycles. The van der Waals surface area contributed by atoms with Gasteiger partial charge in [-0.25, -0.2) is 4.98 Å². The van der Waals surface area contributed by atoms with Gasteiger partial charge in [-0.2, -0.15) is 0 Å². The summed E-state index contributed by atoms with van der Waals surface area (Å²) in [6.07, 6.45) is 0.626. The lowest BCUT2D eigenvalue weighted by atomic mass is 10.0. The van der Waals surface area contributed by atoms with Gasteiger partial charge < -0.3 is 14.8 Å². The maximum atomic E-state index is 12.6. The molecule has 2 atom stereocenters. The summed E-state index contributed by atoms with van der Waals surface area (Å²) in [5, 5.41) is 5.94. The zero-order valence-corrected chi connectivity index (χ0v) is 18.3. The molecule has 0 amide bonds. The Labute approximate surface area is 176 Å².